The molecule has 7 heteroatoms. The van der Waals surface area contributed by atoms with Crippen LogP contribution in [0.15, 0.2) is 59.5 Å². The van der Waals surface area contributed by atoms with Crippen LogP contribution in [0.25, 0.3) is 11.1 Å². The number of nitrogens with zero attached hydrogens (tertiary/aromatic N) is 2. The lowest BCUT2D eigenvalue weighted by Crippen LogP contribution is -2.26. The van der Waals surface area contributed by atoms with Gasteiger partial charge in [0.25, 0.3) is 5.56 Å². The lowest BCUT2D eigenvalue weighted by Gasteiger charge is -2.13. The molecule has 0 amide bonds. The normalized spacial score (nSPS) is 10.5. The van der Waals surface area contributed by atoms with Crippen molar-refractivity contribution in [3.05, 3.63) is 81.5 Å². The molecule has 0 aliphatic carbocycles. The summed E-state index contributed by atoms with van der Waals surface area (Å²) in [5.74, 6) is 0.120. The van der Waals surface area contributed by atoms with Gasteiger partial charge in [0, 0.05) is 17.8 Å². The number of methoxy groups -OCH3 is 2. The van der Waals surface area contributed by atoms with Crippen molar-refractivity contribution in [1.29, 1.82) is 0 Å². The number of halogens is 1. The first-order chi connectivity index (χ1) is 13.0. The van der Waals surface area contributed by atoms with Gasteiger partial charge in [-0.05, 0) is 41.5 Å². The molecule has 1 aromatic carbocycles. The number of rotatable bonds is 5. The van der Waals surface area contributed by atoms with Gasteiger partial charge in [-0.15, -0.1) is 0 Å². The summed E-state index contributed by atoms with van der Waals surface area (Å²) in [5, 5.41) is 0.347. The van der Waals surface area contributed by atoms with Gasteiger partial charge in [-0.1, -0.05) is 23.7 Å². The fourth-order valence-corrected chi connectivity index (χ4v) is 2.77. The van der Waals surface area contributed by atoms with Gasteiger partial charge >= 0.3 is 5.97 Å². The van der Waals surface area contributed by atoms with Gasteiger partial charge in [0.1, 0.15) is 16.6 Å². The zero-order chi connectivity index (χ0) is 19.4. The Labute approximate surface area is 161 Å². The first-order valence-electron chi connectivity index (χ1n) is 8.10. The first kappa shape index (κ1) is 18.7. The number of pyridine rings is 2. The lowest BCUT2D eigenvalue weighted by atomic mass is 10.1. The SMILES string of the molecule is COC(=O)c1cc(-c2ccc(Cl)nc2)cc(=O)n1Cc1ccc(OC)cc1. The van der Waals surface area contributed by atoms with Crippen molar-refractivity contribution in [3.8, 4) is 16.9 Å². The first-order valence-corrected chi connectivity index (χ1v) is 8.47. The summed E-state index contributed by atoms with van der Waals surface area (Å²) < 4.78 is 11.4. The minimum atomic E-state index is -0.593. The second-order valence-electron chi connectivity index (χ2n) is 5.76. The maximum atomic E-state index is 12.7. The molecule has 0 unspecified atom stereocenters. The molecule has 0 atom stereocenters. The van der Waals surface area contributed by atoms with Crippen molar-refractivity contribution in [3.63, 3.8) is 0 Å². The summed E-state index contributed by atoms with van der Waals surface area (Å²) in [6, 6.07) is 13.7. The van der Waals surface area contributed by atoms with E-state index in [4.69, 9.17) is 21.1 Å². The zero-order valence-corrected chi connectivity index (χ0v) is 15.6. The van der Waals surface area contributed by atoms with Gasteiger partial charge in [-0.3, -0.25) is 9.36 Å². The van der Waals surface area contributed by atoms with E-state index in [0.29, 0.717) is 22.0 Å². The molecule has 0 bridgehead atoms. The highest BCUT2D eigenvalue weighted by atomic mass is 35.5. The second-order valence-corrected chi connectivity index (χ2v) is 6.15. The third kappa shape index (κ3) is 4.17. The molecular weight excluding hydrogens is 368 g/mol. The molecule has 0 aliphatic heterocycles. The molecule has 6 nitrogen and oxygen atoms in total. The molecule has 2 heterocycles. The standard InChI is InChI=1S/C20H17ClN2O4/c1-26-16-6-3-13(4-7-16)12-23-17(20(25)27-2)9-15(10-19(23)24)14-5-8-18(21)22-11-14/h3-11H,12H2,1-2H3. The molecule has 0 saturated heterocycles. The topological polar surface area (TPSA) is 70.4 Å². The molecule has 2 aromatic heterocycles. The van der Waals surface area contributed by atoms with Crippen LogP contribution in [0.1, 0.15) is 16.1 Å². The van der Waals surface area contributed by atoms with Gasteiger partial charge in [-0.2, -0.15) is 0 Å². The number of ether oxygens (including phenoxy) is 2. The van der Waals surface area contributed by atoms with Crippen LogP contribution < -0.4 is 10.3 Å². The predicted octanol–water partition coefficient (Wildman–Crippen LogP) is 3.41. The summed E-state index contributed by atoms with van der Waals surface area (Å²) >= 11 is 5.81. The summed E-state index contributed by atoms with van der Waals surface area (Å²) in [4.78, 5) is 29.0. The van der Waals surface area contributed by atoms with E-state index in [1.165, 1.54) is 17.7 Å². The molecular formula is C20H17ClN2O4. The lowest BCUT2D eigenvalue weighted by molar-refractivity contribution is 0.0587. The molecule has 0 fully saturated rings. The smallest absolute Gasteiger partial charge is 0.354 e. The van der Waals surface area contributed by atoms with Gasteiger partial charge in [0.05, 0.1) is 20.8 Å². The molecule has 0 aliphatic rings. The maximum absolute atomic E-state index is 12.7. The zero-order valence-electron chi connectivity index (χ0n) is 14.8. The Kier molecular flexibility index (Phi) is 5.57. The van der Waals surface area contributed by atoms with Crippen molar-refractivity contribution in [1.82, 2.24) is 9.55 Å². The third-order valence-electron chi connectivity index (χ3n) is 4.08. The highest BCUT2D eigenvalue weighted by Gasteiger charge is 2.16. The average molecular weight is 385 g/mol. The van der Waals surface area contributed by atoms with E-state index in [9.17, 15) is 9.59 Å². The van der Waals surface area contributed by atoms with E-state index < -0.39 is 5.97 Å². The van der Waals surface area contributed by atoms with E-state index in [0.717, 1.165) is 5.56 Å². The van der Waals surface area contributed by atoms with Gasteiger partial charge in [0.2, 0.25) is 0 Å². The Morgan fingerprint density at radius 2 is 1.81 bits per heavy atom. The minimum absolute atomic E-state index is 0.158. The van der Waals surface area contributed by atoms with Gasteiger partial charge in [-0.25, -0.2) is 9.78 Å². The van der Waals surface area contributed by atoms with Gasteiger partial charge in [0.15, 0.2) is 0 Å². The van der Waals surface area contributed by atoms with E-state index in [1.54, 1.807) is 43.6 Å². The van der Waals surface area contributed by atoms with Crippen LogP contribution in [0.5, 0.6) is 5.75 Å². The molecule has 3 aromatic rings. The Hall–Kier alpha value is -3.12. The van der Waals surface area contributed by atoms with Crippen molar-refractivity contribution in [2.45, 2.75) is 6.54 Å². The van der Waals surface area contributed by atoms with Crippen LogP contribution in [0, 0.1) is 0 Å². The summed E-state index contributed by atoms with van der Waals surface area (Å²) in [6.07, 6.45) is 1.55. The Morgan fingerprint density at radius 1 is 1.07 bits per heavy atom. The third-order valence-corrected chi connectivity index (χ3v) is 4.31. The average Bonchev–Trinajstić information content (AvgIpc) is 2.69. The molecule has 0 radical (unpaired) electrons. The number of hydrogen-bond acceptors (Lipinski definition) is 5. The Bertz CT molecular complexity index is 1010. The number of esters is 1. The van der Waals surface area contributed by atoms with Crippen LogP contribution in [0.2, 0.25) is 5.15 Å². The van der Waals surface area contributed by atoms with E-state index >= 15 is 0 Å². The molecule has 138 valence electrons. The summed E-state index contributed by atoms with van der Waals surface area (Å²) in [6.45, 7) is 0.229. The van der Waals surface area contributed by atoms with Crippen molar-refractivity contribution in [2.75, 3.05) is 14.2 Å². The fourth-order valence-electron chi connectivity index (χ4n) is 2.66. The van der Waals surface area contributed by atoms with Crippen molar-refractivity contribution < 1.29 is 14.3 Å². The second kappa shape index (κ2) is 8.05. The summed E-state index contributed by atoms with van der Waals surface area (Å²) in [5.41, 5.74) is 1.93. The quantitative estimate of drug-likeness (QED) is 0.498. The largest absolute Gasteiger partial charge is 0.497 e. The van der Waals surface area contributed by atoms with E-state index in [-0.39, 0.29) is 17.8 Å². The summed E-state index contributed by atoms with van der Waals surface area (Å²) in [7, 11) is 2.86. The number of hydrogen-bond donors (Lipinski definition) is 0. The molecule has 0 N–H and O–H groups in total. The minimum Gasteiger partial charge on any atom is -0.497 e. The maximum Gasteiger partial charge on any atom is 0.354 e. The Morgan fingerprint density at radius 3 is 2.41 bits per heavy atom. The highest BCUT2D eigenvalue weighted by Crippen LogP contribution is 2.21. The van der Waals surface area contributed by atoms with Gasteiger partial charge < -0.3 is 9.47 Å². The van der Waals surface area contributed by atoms with Crippen molar-refractivity contribution >= 4 is 17.6 Å². The van der Waals surface area contributed by atoms with Crippen LogP contribution in [0.3, 0.4) is 0 Å². The number of carbonyl (C=O) groups excluding carboxylic acids is 1. The van der Waals surface area contributed by atoms with Crippen LogP contribution >= 0.6 is 11.6 Å². The van der Waals surface area contributed by atoms with Crippen LogP contribution in [-0.2, 0) is 11.3 Å². The molecule has 0 saturated carbocycles. The molecule has 3 rings (SSSR count). The predicted molar refractivity (Wildman–Crippen MR) is 102 cm³/mol. The van der Waals surface area contributed by atoms with E-state index in [1.807, 2.05) is 12.1 Å². The van der Waals surface area contributed by atoms with Crippen molar-refractivity contribution in [2.24, 2.45) is 0 Å². The molecule has 0 spiro atoms. The number of benzene rings is 1. The highest BCUT2D eigenvalue weighted by molar-refractivity contribution is 6.29. The molecule has 27 heavy (non-hydrogen) atoms. The van der Waals surface area contributed by atoms with Crippen LogP contribution in [0.4, 0.5) is 0 Å². The monoisotopic (exact) mass is 384 g/mol. The fraction of sp³-hybridized carbons (Fsp3) is 0.150. The Balaban J connectivity index is 2.05. The van der Waals surface area contributed by atoms with Crippen LogP contribution in [-0.4, -0.2) is 29.7 Å². The van der Waals surface area contributed by atoms with E-state index in [2.05, 4.69) is 4.98 Å². The number of aromatic nitrogens is 2. The number of carbonyl (C=O) groups is 1.